The van der Waals surface area contributed by atoms with Gasteiger partial charge in [-0.25, -0.2) is 14.8 Å². The normalized spacial score (nSPS) is 11.6. The molecule has 0 aliphatic carbocycles. The summed E-state index contributed by atoms with van der Waals surface area (Å²) in [5.74, 6) is 0.535. The molecule has 0 unspecified atom stereocenters. The molecule has 0 fully saturated rings. The summed E-state index contributed by atoms with van der Waals surface area (Å²) in [6.45, 7) is 8.54. The first-order valence-electron chi connectivity index (χ1n) is 17.8. The molecule has 4 aromatic heterocycles. The molecule has 11 rings (SSSR count). The van der Waals surface area contributed by atoms with Crippen molar-refractivity contribution in [1.82, 2.24) is 14.5 Å². The highest BCUT2D eigenvalue weighted by Crippen LogP contribution is 2.46. The third-order valence-electron chi connectivity index (χ3n) is 10.5. The highest BCUT2D eigenvalue weighted by molar-refractivity contribution is 7.26. The van der Waals surface area contributed by atoms with Gasteiger partial charge in [-0.05, 0) is 48.0 Å². The van der Waals surface area contributed by atoms with Gasteiger partial charge in [0.1, 0.15) is 11.6 Å². The van der Waals surface area contributed by atoms with E-state index in [1.165, 1.54) is 30.3 Å². The number of thiophene rings is 2. The maximum atomic E-state index is 10.8. The van der Waals surface area contributed by atoms with E-state index in [0.29, 0.717) is 34.0 Å². The van der Waals surface area contributed by atoms with E-state index in [1.807, 2.05) is 54.6 Å². The number of para-hydroxylation sites is 1. The van der Waals surface area contributed by atoms with Gasteiger partial charge >= 0.3 is 0 Å². The summed E-state index contributed by atoms with van der Waals surface area (Å²) in [6, 6.07) is 54.2. The molecule has 0 saturated carbocycles. The number of nitriles is 1. The molecule has 0 radical (unpaired) electrons. The quantitative estimate of drug-likeness (QED) is 0.169. The fourth-order valence-electron chi connectivity index (χ4n) is 8.09. The molecule has 7 heteroatoms. The second-order valence-corrected chi connectivity index (χ2v) is 15.6. The van der Waals surface area contributed by atoms with Gasteiger partial charge in [0, 0.05) is 62.2 Å². The van der Waals surface area contributed by atoms with Crippen LogP contribution in [0.1, 0.15) is 5.56 Å². The van der Waals surface area contributed by atoms with E-state index in [0.717, 1.165) is 48.7 Å². The van der Waals surface area contributed by atoms with Crippen LogP contribution >= 0.6 is 22.7 Å². The molecule has 5 nitrogen and oxygen atoms in total. The lowest BCUT2D eigenvalue weighted by atomic mass is 9.99. The Morgan fingerprint density at radius 2 is 1.27 bits per heavy atom. The first-order chi connectivity index (χ1) is 27.2. The van der Waals surface area contributed by atoms with Crippen LogP contribution in [0.15, 0.2) is 152 Å². The van der Waals surface area contributed by atoms with Gasteiger partial charge in [-0.1, -0.05) is 109 Å². The zero-order valence-corrected chi connectivity index (χ0v) is 30.6. The van der Waals surface area contributed by atoms with E-state index in [4.69, 9.17) is 16.5 Å². The standard InChI is InChI=1S/C48H25N5S2/c1-50-37-26-29(22-24-39(37)53-38-19-8-5-14-30(38)32-23-25-42-43(46(32)53)34-16-7-10-21-41(34)54-42)45-36(27-49)44(28-12-3-2-4-13-28)51-48(52-45)35-18-11-17-33-31-15-6-9-20-40(31)55-47(33)35/h2-26H. The molecule has 0 aliphatic rings. The fraction of sp³-hybridized carbons (Fsp3) is 0. The van der Waals surface area contributed by atoms with Crippen molar-refractivity contribution in [3.63, 3.8) is 0 Å². The van der Waals surface area contributed by atoms with Crippen LogP contribution in [0.5, 0.6) is 0 Å². The SMILES string of the molecule is [C-]#[N+]c1cc(-c2nc(-c3cccc4c3sc3ccccc34)nc(-c3ccccc3)c2C#N)ccc1-n1c2ccccc2c2ccc3sc4ccccc4c3c21. The van der Waals surface area contributed by atoms with Crippen LogP contribution in [-0.2, 0) is 0 Å². The third-order valence-corrected chi connectivity index (χ3v) is 12.9. The number of hydrogen-bond acceptors (Lipinski definition) is 5. The van der Waals surface area contributed by atoms with Crippen LogP contribution in [-0.4, -0.2) is 14.5 Å². The lowest BCUT2D eigenvalue weighted by Crippen LogP contribution is -2.02. The summed E-state index contributed by atoms with van der Waals surface area (Å²) in [7, 11) is 0. The van der Waals surface area contributed by atoms with Crippen molar-refractivity contribution in [1.29, 1.82) is 5.26 Å². The van der Waals surface area contributed by atoms with Gasteiger partial charge in [0.05, 0.1) is 34.7 Å². The predicted octanol–water partition coefficient (Wildman–Crippen LogP) is 13.7. The molecule has 0 saturated heterocycles. The van der Waals surface area contributed by atoms with Gasteiger partial charge in [-0.15, -0.1) is 22.7 Å². The van der Waals surface area contributed by atoms with Crippen molar-refractivity contribution >= 4 is 90.5 Å². The van der Waals surface area contributed by atoms with E-state index >= 15 is 0 Å². The fourth-order valence-corrected chi connectivity index (χ4v) is 10.4. The maximum Gasteiger partial charge on any atom is 0.211 e. The van der Waals surface area contributed by atoms with Gasteiger partial charge in [-0.3, -0.25) is 0 Å². The number of nitrogens with zero attached hydrogens (tertiary/aromatic N) is 5. The molecular formula is C48H25N5S2. The van der Waals surface area contributed by atoms with Crippen molar-refractivity contribution in [2.24, 2.45) is 0 Å². The summed E-state index contributed by atoms with van der Waals surface area (Å²) in [5.41, 5.74) is 7.19. The van der Waals surface area contributed by atoms with Gasteiger partial charge in [0.2, 0.25) is 5.69 Å². The predicted molar refractivity (Wildman–Crippen MR) is 229 cm³/mol. The van der Waals surface area contributed by atoms with Crippen molar-refractivity contribution in [3.05, 3.63) is 169 Å². The molecule has 7 aromatic carbocycles. The topological polar surface area (TPSA) is 58.9 Å². The Labute approximate surface area is 323 Å². The van der Waals surface area contributed by atoms with Crippen molar-refractivity contribution in [2.75, 3.05) is 0 Å². The Hall–Kier alpha value is -7.16. The van der Waals surface area contributed by atoms with Gasteiger partial charge in [0.25, 0.3) is 0 Å². The first kappa shape index (κ1) is 31.4. The summed E-state index contributed by atoms with van der Waals surface area (Å²) in [5, 5.41) is 17.8. The molecule has 0 amide bonds. The molecular weight excluding hydrogens is 711 g/mol. The summed E-state index contributed by atoms with van der Waals surface area (Å²) in [6.07, 6.45) is 0. The van der Waals surface area contributed by atoms with Crippen LogP contribution in [0.25, 0.3) is 107 Å². The minimum atomic E-state index is 0.366. The molecule has 0 aliphatic heterocycles. The zero-order valence-electron chi connectivity index (χ0n) is 29.0. The average Bonchev–Trinajstić information content (AvgIpc) is 3.93. The van der Waals surface area contributed by atoms with Crippen LogP contribution in [0.2, 0.25) is 0 Å². The van der Waals surface area contributed by atoms with E-state index in [9.17, 15) is 5.26 Å². The van der Waals surface area contributed by atoms with E-state index in [1.54, 1.807) is 22.7 Å². The van der Waals surface area contributed by atoms with Crippen molar-refractivity contribution in [3.8, 4) is 45.7 Å². The monoisotopic (exact) mass is 735 g/mol. The van der Waals surface area contributed by atoms with Crippen molar-refractivity contribution < 1.29 is 0 Å². The van der Waals surface area contributed by atoms with E-state index in [2.05, 4.69) is 113 Å². The van der Waals surface area contributed by atoms with Gasteiger partial charge in [-0.2, -0.15) is 5.26 Å². The zero-order chi connectivity index (χ0) is 36.6. The number of benzene rings is 7. The molecule has 0 bridgehead atoms. The van der Waals surface area contributed by atoms with Crippen LogP contribution in [0.4, 0.5) is 5.69 Å². The maximum absolute atomic E-state index is 10.8. The first-order valence-corrected chi connectivity index (χ1v) is 19.5. The number of aromatic nitrogens is 3. The Kier molecular flexibility index (Phi) is 6.96. The molecule has 0 spiro atoms. The molecule has 0 atom stereocenters. The van der Waals surface area contributed by atoms with Crippen LogP contribution < -0.4 is 0 Å². The lowest BCUT2D eigenvalue weighted by Gasteiger charge is -2.15. The molecule has 4 heterocycles. The summed E-state index contributed by atoms with van der Waals surface area (Å²) >= 11 is 3.51. The molecule has 55 heavy (non-hydrogen) atoms. The number of rotatable bonds is 4. The molecule has 11 aromatic rings. The lowest BCUT2D eigenvalue weighted by molar-refractivity contribution is 1.17. The molecule has 254 valence electrons. The van der Waals surface area contributed by atoms with E-state index in [-0.39, 0.29) is 0 Å². The van der Waals surface area contributed by atoms with Gasteiger partial charge < -0.3 is 4.57 Å². The smallest absolute Gasteiger partial charge is 0.211 e. The van der Waals surface area contributed by atoms with Crippen molar-refractivity contribution in [2.45, 2.75) is 0 Å². The Balaban J connectivity index is 1.18. The largest absolute Gasteiger partial charge is 0.318 e. The minimum absolute atomic E-state index is 0.366. The second kappa shape index (κ2) is 12.2. The minimum Gasteiger partial charge on any atom is -0.318 e. The van der Waals surface area contributed by atoms with Crippen LogP contribution in [0.3, 0.4) is 0 Å². The highest BCUT2D eigenvalue weighted by atomic mass is 32.1. The average molecular weight is 736 g/mol. The summed E-state index contributed by atoms with van der Waals surface area (Å²) in [4.78, 5) is 14.5. The van der Waals surface area contributed by atoms with Crippen LogP contribution in [0, 0.1) is 17.9 Å². The number of hydrogen-bond donors (Lipinski definition) is 0. The van der Waals surface area contributed by atoms with Gasteiger partial charge in [0.15, 0.2) is 5.82 Å². The second-order valence-electron chi connectivity index (χ2n) is 13.5. The Morgan fingerprint density at radius 1 is 0.582 bits per heavy atom. The molecule has 0 N–H and O–H groups in total. The Bertz CT molecular complexity index is 3470. The number of fused-ring (bicyclic) bond motifs is 10. The third kappa shape index (κ3) is 4.68. The Morgan fingerprint density at radius 3 is 2.07 bits per heavy atom. The van der Waals surface area contributed by atoms with E-state index < -0.39 is 0 Å². The summed E-state index contributed by atoms with van der Waals surface area (Å²) < 4.78 is 6.96. The highest BCUT2D eigenvalue weighted by Gasteiger charge is 2.23.